The summed E-state index contributed by atoms with van der Waals surface area (Å²) in [4.78, 5) is 5.39. The van der Waals surface area contributed by atoms with Crippen molar-refractivity contribution in [2.45, 2.75) is 52.4 Å². The molecule has 0 unspecified atom stereocenters. The minimum atomic E-state index is -0.411. The zero-order valence-electron chi connectivity index (χ0n) is 65.5. The van der Waals surface area contributed by atoms with Crippen LogP contribution in [0.25, 0.3) is 160 Å². The highest BCUT2D eigenvalue weighted by Gasteiger charge is 2.47. The number of para-hydroxylation sites is 4. The predicted molar refractivity (Wildman–Crippen MR) is 490 cm³/mol. The number of anilines is 6. The van der Waals surface area contributed by atoms with Gasteiger partial charge in [0.05, 0.1) is 28.1 Å². The molecular weight excluding hydrogens is 1410 g/mol. The Labute approximate surface area is 676 Å². The molecule has 0 fully saturated rings. The lowest BCUT2D eigenvalue weighted by molar-refractivity contribution is 0.590. The van der Waals surface area contributed by atoms with E-state index in [1.165, 1.54) is 21.9 Å². The fourth-order valence-electron chi connectivity index (χ4n) is 18.8. The van der Waals surface area contributed by atoms with E-state index in [4.69, 9.17) is 8.83 Å². The number of hydrogen-bond donors (Lipinski definition) is 0. The third kappa shape index (κ3) is 11.1. The third-order valence-electron chi connectivity index (χ3n) is 24.5. The van der Waals surface area contributed by atoms with Gasteiger partial charge in [-0.15, -0.1) is 0 Å². The second kappa shape index (κ2) is 26.7. The van der Waals surface area contributed by atoms with Crippen LogP contribution in [-0.2, 0) is 10.8 Å². The van der Waals surface area contributed by atoms with E-state index < -0.39 is 6.71 Å². The van der Waals surface area contributed by atoms with E-state index in [0.717, 1.165) is 200 Å². The van der Waals surface area contributed by atoms with Gasteiger partial charge >= 0.3 is 0 Å². The van der Waals surface area contributed by atoms with Gasteiger partial charge in [-0.2, -0.15) is 0 Å². The van der Waals surface area contributed by atoms with Crippen molar-refractivity contribution in [3.8, 4) is 94.7 Å². The zero-order valence-corrected chi connectivity index (χ0v) is 65.5. The average molecular weight is 1490 g/mol. The first-order valence-corrected chi connectivity index (χ1v) is 40.5. The van der Waals surface area contributed by atoms with E-state index in [-0.39, 0.29) is 10.8 Å². The van der Waals surface area contributed by atoms with Gasteiger partial charge in [0, 0.05) is 88.4 Å². The van der Waals surface area contributed by atoms with Crippen molar-refractivity contribution in [1.82, 2.24) is 4.57 Å². The molecule has 0 amide bonds. The van der Waals surface area contributed by atoms with Crippen molar-refractivity contribution in [2.75, 3.05) is 9.80 Å². The number of aromatic nitrogens is 1. The van der Waals surface area contributed by atoms with Gasteiger partial charge in [0.15, 0.2) is 0 Å². The topological polar surface area (TPSA) is 37.7 Å². The SMILES string of the molecule is CC(C)(C)c1ccc2c(c1)c1cc(C(C)(C)C)ccc1n2-c1cc2c3c(c1)N(c1c(-c4ccccc4)cc(-c4ccccc4)cc1-c1ccccc1)c1ccc(-c4cccc5c4oc4ccccc45)cc1B3c1cc(-c3cccc4c3oc3ccccc34)ccc1N2c1c(-c2ccccc2)cc(-c2ccccc2)cc1-c1ccccc1. The summed E-state index contributed by atoms with van der Waals surface area (Å²) in [6.07, 6.45) is 0. The molecule has 2 aliphatic rings. The molecule has 0 N–H and O–H groups in total. The Hall–Kier alpha value is -14.2. The van der Waals surface area contributed by atoms with Crippen molar-refractivity contribution in [1.29, 1.82) is 0 Å². The molecule has 0 saturated carbocycles. The van der Waals surface area contributed by atoms with Crippen LogP contribution in [0.3, 0.4) is 0 Å². The van der Waals surface area contributed by atoms with Crippen molar-refractivity contribution in [3.63, 3.8) is 0 Å². The van der Waals surface area contributed by atoms with Crippen molar-refractivity contribution in [3.05, 3.63) is 387 Å². The van der Waals surface area contributed by atoms with E-state index in [9.17, 15) is 0 Å². The van der Waals surface area contributed by atoms with Gasteiger partial charge in [0.1, 0.15) is 22.3 Å². The van der Waals surface area contributed by atoms with Crippen LogP contribution in [0.1, 0.15) is 52.7 Å². The maximum Gasteiger partial charge on any atom is 0.252 e. The molecule has 6 heteroatoms. The average Bonchev–Trinajstić information content (AvgIpc) is 1.56. The standard InChI is InChI=1S/C110H80BN3O2/c1-109(2,3)79-53-57-96-92(65-79)93-66-80(110(4,5)6)54-58-97(93)112(96)81-67-100-104-101(68-81)114(106-90(73-39-21-11-22-40-73)61-78(70-33-15-8-16-34-70)62-91(106)74-41-23-12-24-42-74)99-56-52-76(83-46-30-48-87-85-44-26-28-50-103(85)116-108(83)87)64-95(99)111(104)94-63-75(82-45-29-47-86-84-43-25-27-49-102(84)115-107(82)86)51-55-98(94)113(100)105-88(71-35-17-9-18-36-71)59-77(69-31-13-7-14-32-69)60-89(105)72-37-19-10-20-38-72/h7-68H,1-6H3. The quantitative estimate of drug-likeness (QED) is 0.121. The Morgan fingerprint density at radius 3 is 0.940 bits per heavy atom. The molecule has 116 heavy (non-hydrogen) atoms. The van der Waals surface area contributed by atoms with Crippen molar-refractivity contribution < 1.29 is 8.83 Å². The zero-order chi connectivity index (χ0) is 77.7. The summed E-state index contributed by atoms with van der Waals surface area (Å²) in [6, 6.07) is 141. The largest absolute Gasteiger partial charge is 0.455 e. The van der Waals surface area contributed by atoms with Gasteiger partial charge in [-0.3, -0.25) is 0 Å². The van der Waals surface area contributed by atoms with Crippen molar-refractivity contribution >= 4 is 123 Å². The van der Waals surface area contributed by atoms with E-state index in [1.807, 2.05) is 0 Å². The second-order valence-corrected chi connectivity index (χ2v) is 33.4. The van der Waals surface area contributed by atoms with E-state index >= 15 is 0 Å². The number of benzene rings is 17. The first-order chi connectivity index (χ1) is 56.8. The monoisotopic (exact) mass is 1490 g/mol. The lowest BCUT2D eigenvalue weighted by atomic mass is 9.33. The summed E-state index contributed by atoms with van der Waals surface area (Å²) >= 11 is 0. The molecule has 5 nitrogen and oxygen atoms in total. The molecule has 550 valence electrons. The van der Waals surface area contributed by atoms with Crippen LogP contribution in [0.5, 0.6) is 0 Å². The summed E-state index contributed by atoms with van der Waals surface area (Å²) in [7, 11) is 0. The molecule has 0 atom stereocenters. The van der Waals surface area contributed by atoms with E-state index in [0.29, 0.717) is 0 Å². The van der Waals surface area contributed by atoms with Crippen LogP contribution >= 0.6 is 0 Å². The molecule has 0 aliphatic carbocycles. The van der Waals surface area contributed by atoms with Gasteiger partial charge in [-0.05, 0) is 179 Å². The van der Waals surface area contributed by atoms with E-state index in [2.05, 4.69) is 432 Å². The highest BCUT2D eigenvalue weighted by atomic mass is 16.3. The van der Waals surface area contributed by atoms with Gasteiger partial charge in [-0.25, -0.2) is 0 Å². The van der Waals surface area contributed by atoms with Crippen LogP contribution in [0.4, 0.5) is 34.1 Å². The van der Waals surface area contributed by atoms with Gasteiger partial charge in [-0.1, -0.05) is 333 Å². The lowest BCUT2D eigenvalue weighted by Gasteiger charge is -2.46. The minimum absolute atomic E-state index is 0.125. The van der Waals surface area contributed by atoms with Crippen molar-refractivity contribution in [2.24, 2.45) is 0 Å². The van der Waals surface area contributed by atoms with Gasteiger partial charge in [0.2, 0.25) is 0 Å². The number of fused-ring (bicyclic) bond motifs is 13. The lowest BCUT2D eigenvalue weighted by Crippen LogP contribution is -2.61. The highest BCUT2D eigenvalue weighted by molar-refractivity contribution is 7.00. The van der Waals surface area contributed by atoms with Gasteiger partial charge < -0.3 is 23.2 Å². The first-order valence-electron chi connectivity index (χ1n) is 40.5. The Morgan fingerprint density at radius 1 is 0.241 bits per heavy atom. The minimum Gasteiger partial charge on any atom is -0.455 e. The Morgan fingerprint density at radius 2 is 0.578 bits per heavy atom. The molecule has 0 bridgehead atoms. The Kier molecular flexibility index (Phi) is 15.8. The molecule has 2 aliphatic heterocycles. The molecule has 0 spiro atoms. The predicted octanol–water partition coefficient (Wildman–Crippen LogP) is 28.6. The van der Waals surface area contributed by atoms with Crippen LogP contribution in [0.15, 0.2) is 385 Å². The fourth-order valence-corrected chi connectivity index (χ4v) is 18.8. The number of rotatable bonds is 11. The third-order valence-corrected chi connectivity index (χ3v) is 24.5. The molecule has 3 aromatic heterocycles. The number of nitrogens with zero attached hydrogens (tertiary/aromatic N) is 3. The van der Waals surface area contributed by atoms with E-state index in [1.54, 1.807) is 0 Å². The Balaban J connectivity index is 0.951. The smallest absolute Gasteiger partial charge is 0.252 e. The maximum atomic E-state index is 7.09. The summed E-state index contributed by atoms with van der Waals surface area (Å²) in [6.45, 7) is 13.6. The number of hydrogen-bond acceptors (Lipinski definition) is 4. The fraction of sp³-hybridized carbons (Fsp3) is 0.0727. The highest BCUT2D eigenvalue weighted by Crippen LogP contribution is 2.56. The van der Waals surface area contributed by atoms with Crippen LogP contribution < -0.4 is 26.2 Å². The first kappa shape index (κ1) is 68.6. The van der Waals surface area contributed by atoms with Crippen LogP contribution in [0.2, 0.25) is 0 Å². The number of furan rings is 2. The summed E-state index contributed by atoms with van der Waals surface area (Å²) < 4.78 is 16.8. The molecule has 5 heterocycles. The maximum absolute atomic E-state index is 7.09. The second-order valence-electron chi connectivity index (χ2n) is 33.4. The molecule has 17 aromatic carbocycles. The molecule has 0 radical (unpaired) electrons. The molecule has 0 saturated heterocycles. The normalized spacial score (nSPS) is 12.7. The molecule has 22 rings (SSSR count). The Bertz CT molecular complexity index is 6780. The molecule has 20 aromatic rings. The summed E-state index contributed by atoms with van der Waals surface area (Å²) in [5.41, 5.74) is 36.3. The van der Waals surface area contributed by atoms with Gasteiger partial charge in [0.25, 0.3) is 6.71 Å². The van der Waals surface area contributed by atoms with Crippen LogP contribution in [-0.4, -0.2) is 11.3 Å². The van der Waals surface area contributed by atoms with Crippen LogP contribution in [0, 0.1) is 0 Å². The molecular formula is C110H80BN3O2. The summed E-state index contributed by atoms with van der Waals surface area (Å²) in [5, 5.41) is 6.77. The summed E-state index contributed by atoms with van der Waals surface area (Å²) in [5.74, 6) is 0.